The lowest BCUT2D eigenvalue weighted by molar-refractivity contribution is -0.137. The van der Waals surface area contributed by atoms with Crippen LogP contribution in [-0.2, 0) is 4.79 Å². The first-order valence-corrected chi connectivity index (χ1v) is 7.29. The number of hydrogen-bond acceptors (Lipinski definition) is 2. The molecule has 0 aromatic rings. The minimum Gasteiger partial charge on any atom is -0.342 e. The zero-order valence-corrected chi connectivity index (χ0v) is 10.4. The van der Waals surface area contributed by atoms with Crippen LogP contribution in [0.4, 0.5) is 0 Å². The predicted octanol–water partition coefficient (Wildman–Crippen LogP) is 2.39. The largest absolute Gasteiger partial charge is 0.342 e. The summed E-state index contributed by atoms with van der Waals surface area (Å²) in [5.41, 5.74) is 0. The van der Waals surface area contributed by atoms with Gasteiger partial charge in [-0.2, -0.15) is 11.8 Å². The van der Waals surface area contributed by atoms with E-state index in [9.17, 15) is 4.79 Å². The monoisotopic (exact) mass is 227 g/mol. The Morgan fingerprint density at radius 2 is 2.00 bits per heavy atom. The molecule has 2 saturated heterocycles. The lowest BCUT2D eigenvalue weighted by Gasteiger charge is -2.34. The molecule has 2 heterocycles. The summed E-state index contributed by atoms with van der Waals surface area (Å²) in [6.45, 7) is 4.27. The van der Waals surface area contributed by atoms with Gasteiger partial charge in [0.1, 0.15) is 0 Å². The Hall–Kier alpha value is -0.180. The summed E-state index contributed by atoms with van der Waals surface area (Å²) in [5, 5.41) is 0. The molecule has 1 amide bonds. The summed E-state index contributed by atoms with van der Waals surface area (Å²) < 4.78 is 0. The molecule has 0 radical (unpaired) electrons. The minimum atomic E-state index is 0.344. The van der Waals surface area contributed by atoms with Crippen LogP contribution in [0.5, 0.6) is 0 Å². The van der Waals surface area contributed by atoms with E-state index in [2.05, 4.69) is 11.8 Å². The van der Waals surface area contributed by atoms with Gasteiger partial charge >= 0.3 is 0 Å². The molecule has 2 aliphatic heterocycles. The van der Waals surface area contributed by atoms with E-state index in [-0.39, 0.29) is 0 Å². The molecule has 3 heteroatoms. The fourth-order valence-corrected chi connectivity index (χ4v) is 3.70. The topological polar surface area (TPSA) is 20.3 Å². The Balaban J connectivity index is 1.88. The maximum absolute atomic E-state index is 12.2. The van der Waals surface area contributed by atoms with Gasteiger partial charge in [0.15, 0.2) is 0 Å². The summed E-state index contributed by atoms with van der Waals surface area (Å²) >= 11 is 1.99. The number of piperidine rings is 1. The summed E-state index contributed by atoms with van der Waals surface area (Å²) in [5.74, 6) is 3.86. The van der Waals surface area contributed by atoms with Crippen molar-refractivity contribution in [1.82, 2.24) is 4.90 Å². The van der Waals surface area contributed by atoms with Crippen molar-refractivity contribution in [2.24, 2.45) is 11.8 Å². The first kappa shape index (κ1) is 11.3. The molecular weight excluding hydrogens is 206 g/mol. The van der Waals surface area contributed by atoms with Gasteiger partial charge in [0.2, 0.25) is 5.91 Å². The molecule has 0 saturated carbocycles. The Morgan fingerprint density at radius 3 is 2.67 bits per heavy atom. The van der Waals surface area contributed by atoms with E-state index in [4.69, 9.17) is 0 Å². The molecule has 2 nitrogen and oxygen atoms in total. The fourth-order valence-electron chi connectivity index (χ4n) is 2.59. The van der Waals surface area contributed by atoms with E-state index >= 15 is 0 Å². The predicted molar refractivity (Wildman–Crippen MR) is 65.0 cm³/mol. The van der Waals surface area contributed by atoms with Crippen LogP contribution in [0.25, 0.3) is 0 Å². The average molecular weight is 227 g/mol. The molecule has 0 aliphatic carbocycles. The molecule has 0 aromatic heterocycles. The van der Waals surface area contributed by atoms with Crippen molar-refractivity contribution < 1.29 is 4.79 Å². The fraction of sp³-hybridized carbons (Fsp3) is 0.917. The summed E-state index contributed by atoms with van der Waals surface area (Å²) in [6.07, 6.45) is 4.71. The molecule has 0 N–H and O–H groups in total. The van der Waals surface area contributed by atoms with Crippen LogP contribution < -0.4 is 0 Å². The highest BCUT2D eigenvalue weighted by Gasteiger charge is 2.28. The number of carbonyl (C=O) groups excluding carboxylic acids is 1. The third-order valence-corrected chi connectivity index (χ3v) is 4.59. The average Bonchev–Trinajstić information content (AvgIpc) is 2.29. The molecule has 1 unspecified atom stereocenters. The van der Waals surface area contributed by atoms with Gasteiger partial charge in [-0.15, -0.1) is 0 Å². The van der Waals surface area contributed by atoms with Crippen molar-refractivity contribution >= 4 is 17.7 Å². The Bertz CT molecular complexity index is 226. The summed E-state index contributed by atoms with van der Waals surface area (Å²) in [6, 6.07) is 0. The molecular formula is C12H21NOS. The highest BCUT2D eigenvalue weighted by Crippen LogP contribution is 2.26. The van der Waals surface area contributed by atoms with Gasteiger partial charge in [0.25, 0.3) is 0 Å². The Labute approximate surface area is 96.8 Å². The van der Waals surface area contributed by atoms with E-state index in [1.807, 2.05) is 11.8 Å². The van der Waals surface area contributed by atoms with Crippen molar-refractivity contribution in [2.75, 3.05) is 24.6 Å². The first-order valence-electron chi connectivity index (χ1n) is 6.14. The maximum Gasteiger partial charge on any atom is 0.225 e. The summed E-state index contributed by atoms with van der Waals surface area (Å²) in [4.78, 5) is 14.3. The van der Waals surface area contributed by atoms with E-state index < -0.39 is 0 Å². The lowest BCUT2D eigenvalue weighted by atomic mass is 9.96. The minimum absolute atomic E-state index is 0.344. The molecule has 2 fully saturated rings. The highest BCUT2D eigenvalue weighted by atomic mass is 32.2. The lowest BCUT2D eigenvalue weighted by Crippen LogP contribution is -2.43. The summed E-state index contributed by atoms with van der Waals surface area (Å²) in [7, 11) is 0. The second kappa shape index (κ2) is 5.24. The van der Waals surface area contributed by atoms with Crippen LogP contribution in [0.2, 0.25) is 0 Å². The molecule has 0 bridgehead atoms. The number of nitrogens with zero attached hydrogens (tertiary/aromatic N) is 1. The van der Waals surface area contributed by atoms with Crippen LogP contribution >= 0.6 is 11.8 Å². The van der Waals surface area contributed by atoms with Crippen molar-refractivity contribution in [2.45, 2.75) is 32.6 Å². The van der Waals surface area contributed by atoms with Gasteiger partial charge in [-0.05, 0) is 43.1 Å². The molecule has 1 atom stereocenters. The van der Waals surface area contributed by atoms with Crippen molar-refractivity contribution in [3.63, 3.8) is 0 Å². The van der Waals surface area contributed by atoms with Crippen molar-refractivity contribution in [3.8, 4) is 0 Å². The standard InChI is InChI=1S/C12H21NOS/c1-10-3-2-6-13(9-10)12(14)11-4-7-15-8-5-11/h10-11H,2-9H2,1H3. The smallest absolute Gasteiger partial charge is 0.225 e. The van der Waals surface area contributed by atoms with E-state index in [1.165, 1.54) is 24.3 Å². The van der Waals surface area contributed by atoms with Crippen molar-refractivity contribution in [3.05, 3.63) is 0 Å². The van der Waals surface area contributed by atoms with E-state index in [1.54, 1.807) is 0 Å². The second-order valence-corrected chi connectivity index (χ2v) is 6.14. The molecule has 0 aromatic carbocycles. The molecule has 0 spiro atoms. The van der Waals surface area contributed by atoms with Gasteiger partial charge in [0, 0.05) is 19.0 Å². The molecule has 15 heavy (non-hydrogen) atoms. The van der Waals surface area contributed by atoms with Crippen molar-refractivity contribution in [1.29, 1.82) is 0 Å². The number of likely N-dealkylation sites (tertiary alicyclic amines) is 1. The number of amides is 1. The molecule has 2 rings (SSSR count). The first-order chi connectivity index (χ1) is 7.27. The zero-order chi connectivity index (χ0) is 10.7. The maximum atomic E-state index is 12.2. The van der Waals surface area contributed by atoms with Crippen LogP contribution in [0.15, 0.2) is 0 Å². The molecule has 2 aliphatic rings. The third kappa shape index (κ3) is 2.90. The van der Waals surface area contributed by atoms with Crippen LogP contribution in [-0.4, -0.2) is 35.4 Å². The zero-order valence-electron chi connectivity index (χ0n) is 9.58. The van der Waals surface area contributed by atoms with Crippen LogP contribution in [0.1, 0.15) is 32.6 Å². The van der Waals surface area contributed by atoms with Crippen LogP contribution in [0, 0.1) is 11.8 Å². The van der Waals surface area contributed by atoms with Gasteiger partial charge < -0.3 is 4.90 Å². The van der Waals surface area contributed by atoms with E-state index in [0.717, 1.165) is 25.9 Å². The quantitative estimate of drug-likeness (QED) is 0.685. The van der Waals surface area contributed by atoms with Crippen LogP contribution in [0.3, 0.4) is 0 Å². The van der Waals surface area contributed by atoms with Gasteiger partial charge in [-0.3, -0.25) is 4.79 Å². The second-order valence-electron chi connectivity index (χ2n) is 4.92. The number of hydrogen-bond donors (Lipinski definition) is 0. The SMILES string of the molecule is CC1CCCN(C(=O)C2CCSCC2)C1. The van der Waals surface area contributed by atoms with Gasteiger partial charge in [-0.25, -0.2) is 0 Å². The Morgan fingerprint density at radius 1 is 1.27 bits per heavy atom. The normalized spacial score (nSPS) is 29.1. The number of carbonyl (C=O) groups is 1. The molecule has 86 valence electrons. The van der Waals surface area contributed by atoms with Gasteiger partial charge in [0.05, 0.1) is 0 Å². The van der Waals surface area contributed by atoms with Gasteiger partial charge in [-0.1, -0.05) is 6.92 Å². The number of thioether (sulfide) groups is 1. The highest BCUT2D eigenvalue weighted by molar-refractivity contribution is 7.99. The number of rotatable bonds is 1. The third-order valence-electron chi connectivity index (χ3n) is 3.54. The van der Waals surface area contributed by atoms with E-state index in [0.29, 0.717) is 17.7 Å². The Kier molecular flexibility index (Phi) is 3.95.